The minimum atomic E-state index is -0.357. The molecule has 3 aromatic carbocycles. The predicted molar refractivity (Wildman–Crippen MR) is 172 cm³/mol. The van der Waals surface area contributed by atoms with Crippen LogP contribution in [0.5, 0.6) is 0 Å². The molecule has 2 aliphatic heterocycles. The Balaban J connectivity index is 1.23. The zero-order valence-corrected chi connectivity index (χ0v) is 26.3. The Morgan fingerprint density at radius 2 is 1.58 bits per heavy atom. The smallest absolute Gasteiger partial charge is 0.251 e. The number of carbonyl (C=O) groups is 2. The summed E-state index contributed by atoms with van der Waals surface area (Å²) in [4.78, 5) is 31.5. The first-order valence-corrected chi connectivity index (χ1v) is 16.1. The van der Waals surface area contributed by atoms with Crippen molar-refractivity contribution >= 4 is 11.8 Å². The van der Waals surface area contributed by atoms with E-state index in [-0.39, 0.29) is 42.4 Å². The number of hydrogen-bond acceptors (Lipinski definition) is 5. The Hall–Kier alpha value is -4.17. The number of nitrogens with zero attached hydrogens (tertiary/aromatic N) is 2. The van der Waals surface area contributed by atoms with Gasteiger partial charge in [-0.05, 0) is 66.6 Å². The van der Waals surface area contributed by atoms with Crippen LogP contribution in [0.4, 0.5) is 4.39 Å². The summed E-state index contributed by atoms with van der Waals surface area (Å²) < 4.78 is 24.2. The van der Waals surface area contributed by atoms with Crippen molar-refractivity contribution in [2.75, 3.05) is 19.9 Å². The van der Waals surface area contributed by atoms with Crippen molar-refractivity contribution in [3.05, 3.63) is 119 Å². The topological polar surface area (TPSA) is 71.1 Å². The van der Waals surface area contributed by atoms with Crippen LogP contribution in [-0.4, -0.2) is 53.6 Å². The zero-order chi connectivity index (χ0) is 31.6. The molecule has 2 aliphatic rings. The van der Waals surface area contributed by atoms with Crippen LogP contribution in [0.1, 0.15) is 66.6 Å². The van der Waals surface area contributed by atoms with Crippen molar-refractivity contribution < 1.29 is 23.5 Å². The molecular weight excluding hydrogens is 569 g/mol. The third-order valence-electron chi connectivity index (χ3n) is 8.93. The van der Waals surface area contributed by atoms with Gasteiger partial charge < -0.3 is 19.7 Å². The van der Waals surface area contributed by atoms with Gasteiger partial charge in [-0.1, -0.05) is 68.4 Å². The third-order valence-corrected chi connectivity index (χ3v) is 8.93. The van der Waals surface area contributed by atoms with Gasteiger partial charge >= 0.3 is 0 Å². The van der Waals surface area contributed by atoms with Gasteiger partial charge in [0.05, 0.1) is 6.04 Å². The monoisotopic (exact) mass is 613 g/mol. The van der Waals surface area contributed by atoms with Crippen LogP contribution >= 0.6 is 0 Å². The summed E-state index contributed by atoms with van der Waals surface area (Å²) in [5, 5.41) is 3.11. The number of halogens is 1. The van der Waals surface area contributed by atoms with Crippen LogP contribution in [0.3, 0.4) is 0 Å². The lowest BCUT2D eigenvalue weighted by Crippen LogP contribution is -2.48. The van der Waals surface area contributed by atoms with Gasteiger partial charge in [0.1, 0.15) is 12.1 Å². The van der Waals surface area contributed by atoms with Gasteiger partial charge in [0.15, 0.2) is 5.76 Å². The van der Waals surface area contributed by atoms with Crippen molar-refractivity contribution in [1.29, 1.82) is 0 Å². The van der Waals surface area contributed by atoms with Gasteiger partial charge in [-0.2, -0.15) is 0 Å². The molecule has 1 unspecified atom stereocenters. The first-order valence-electron chi connectivity index (χ1n) is 16.1. The molecule has 7 nitrogen and oxygen atoms in total. The van der Waals surface area contributed by atoms with Crippen molar-refractivity contribution in [2.45, 2.75) is 71.1 Å². The second-order valence-corrected chi connectivity index (χ2v) is 12.0. The lowest BCUT2D eigenvalue weighted by molar-refractivity contribution is -0.140. The quantitative estimate of drug-likeness (QED) is 0.240. The minimum absolute atomic E-state index is 0.00932. The van der Waals surface area contributed by atoms with Gasteiger partial charge in [0.25, 0.3) is 5.91 Å². The molecule has 1 fully saturated rings. The predicted octanol–water partition coefficient (Wildman–Crippen LogP) is 6.44. The summed E-state index contributed by atoms with van der Waals surface area (Å²) in [5.74, 6) is 0.375. The van der Waals surface area contributed by atoms with Crippen LogP contribution in [0.25, 0.3) is 0 Å². The van der Waals surface area contributed by atoms with E-state index in [0.717, 1.165) is 62.0 Å². The Morgan fingerprint density at radius 3 is 2.20 bits per heavy atom. The standard InChI is InChI=1S/C37H44FN3O4/c1-3-30(4-2)37(43)41(33-18-20-40(21-19-33)23-28-12-16-32(38)17-13-28)24-29-10-14-31(15-11-29)36(42)39-34(35-25-44-26-45-35)22-27-8-6-5-7-9-27/h5-17,25,30,33-34H,3-4,18-24,26H2,1-2H3,(H,39,42). The van der Waals surface area contributed by atoms with Crippen molar-refractivity contribution in [3.63, 3.8) is 0 Å². The first kappa shape index (κ1) is 32.2. The van der Waals surface area contributed by atoms with Crippen LogP contribution < -0.4 is 5.32 Å². The molecule has 1 atom stereocenters. The van der Waals surface area contributed by atoms with E-state index in [2.05, 4.69) is 29.0 Å². The van der Waals surface area contributed by atoms with Crippen molar-refractivity contribution in [3.8, 4) is 0 Å². The molecule has 2 heterocycles. The molecule has 1 saturated heterocycles. The molecular formula is C37H44FN3O4. The highest BCUT2D eigenvalue weighted by Gasteiger charge is 2.31. The van der Waals surface area contributed by atoms with Gasteiger partial charge in [-0.15, -0.1) is 0 Å². The Morgan fingerprint density at radius 1 is 0.911 bits per heavy atom. The Labute approximate surface area is 266 Å². The highest BCUT2D eigenvalue weighted by molar-refractivity contribution is 5.94. The summed E-state index contributed by atoms with van der Waals surface area (Å²) >= 11 is 0. The molecule has 5 rings (SSSR count). The number of hydrogen-bond donors (Lipinski definition) is 1. The summed E-state index contributed by atoms with van der Waals surface area (Å²) in [6.45, 7) is 7.34. The third kappa shape index (κ3) is 8.72. The number of benzene rings is 3. The fourth-order valence-electron chi connectivity index (χ4n) is 6.20. The van der Waals surface area contributed by atoms with E-state index in [9.17, 15) is 14.0 Å². The van der Waals surface area contributed by atoms with E-state index < -0.39 is 0 Å². The molecule has 0 bridgehead atoms. The lowest BCUT2D eigenvalue weighted by Gasteiger charge is -2.40. The molecule has 0 aromatic heterocycles. The Bertz CT molecular complexity index is 1420. The molecule has 45 heavy (non-hydrogen) atoms. The van der Waals surface area contributed by atoms with Gasteiger partial charge in [0, 0.05) is 50.1 Å². The minimum Gasteiger partial charge on any atom is -0.462 e. The van der Waals surface area contributed by atoms with Crippen LogP contribution in [0, 0.1) is 11.7 Å². The Kier molecular flexibility index (Phi) is 11.3. The van der Waals surface area contributed by atoms with Gasteiger partial charge in [0.2, 0.25) is 12.7 Å². The molecule has 0 spiro atoms. The zero-order valence-electron chi connectivity index (χ0n) is 26.3. The lowest BCUT2D eigenvalue weighted by atomic mass is 9.96. The summed E-state index contributed by atoms with van der Waals surface area (Å²) in [6.07, 6.45) is 5.54. The molecule has 1 N–H and O–H groups in total. The fraction of sp³-hybridized carbons (Fsp3) is 0.405. The second kappa shape index (κ2) is 15.7. The number of carbonyl (C=O) groups excluding carboxylic acids is 2. The van der Waals surface area contributed by atoms with Crippen LogP contribution in [-0.2, 0) is 33.8 Å². The number of piperidine rings is 1. The number of ether oxygens (including phenoxy) is 2. The SMILES string of the molecule is CCC(CC)C(=O)N(Cc1ccc(C(=O)NC(Cc2ccccc2)C2=COCO2)cc1)C1CCN(Cc2ccc(F)cc2)CC1. The van der Waals surface area contributed by atoms with E-state index in [1.807, 2.05) is 66.7 Å². The molecule has 3 aromatic rings. The largest absolute Gasteiger partial charge is 0.462 e. The fourth-order valence-corrected chi connectivity index (χ4v) is 6.20. The van der Waals surface area contributed by atoms with Crippen molar-refractivity contribution in [2.24, 2.45) is 5.92 Å². The van der Waals surface area contributed by atoms with E-state index in [0.29, 0.717) is 24.3 Å². The summed E-state index contributed by atoms with van der Waals surface area (Å²) in [5.41, 5.74) is 3.72. The summed E-state index contributed by atoms with van der Waals surface area (Å²) in [6, 6.07) is 24.0. The maximum atomic E-state index is 13.8. The molecule has 0 saturated carbocycles. The van der Waals surface area contributed by atoms with E-state index in [1.165, 1.54) is 12.1 Å². The first-order chi connectivity index (χ1) is 21.9. The highest BCUT2D eigenvalue weighted by Crippen LogP contribution is 2.25. The van der Waals surface area contributed by atoms with E-state index >= 15 is 0 Å². The number of likely N-dealkylation sites (tertiary alicyclic amines) is 1. The second-order valence-electron chi connectivity index (χ2n) is 12.0. The molecule has 0 radical (unpaired) electrons. The average molecular weight is 614 g/mol. The van der Waals surface area contributed by atoms with Gasteiger partial charge in [-0.3, -0.25) is 14.5 Å². The van der Waals surface area contributed by atoms with E-state index in [1.54, 1.807) is 6.26 Å². The summed E-state index contributed by atoms with van der Waals surface area (Å²) in [7, 11) is 0. The number of rotatable bonds is 13. The molecule has 238 valence electrons. The number of amides is 2. The van der Waals surface area contributed by atoms with Gasteiger partial charge in [-0.25, -0.2) is 4.39 Å². The van der Waals surface area contributed by atoms with Crippen LogP contribution in [0.15, 0.2) is 90.9 Å². The molecule has 2 amide bonds. The van der Waals surface area contributed by atoms with E-state index in [4.69, 9.17) is 9.47 Å². The molecule has 8 heteroatoms. The van der Waals surface area contributed by atoms with Crippen LogP contribution in [0.2, 0.25) is 0 Å². The molecule has 0 aliphatic carbocycles. The average Bonchev–Trinajstić information content (AvgIpc) is 3.61. The number of nitrogens with one attached hydrogen (secondary N) is 1. The highest BCUT2D eigenvalue weighted by atomic mass is 19.1. The van der Waals surface area contributed by atoms with Crippen molar-refractivity contribution in [1.82, 2.24) is 15.1 Å². The maximum absolute atomic E-state index is 13.8. The maximum Gasteiger partial charge on any atom is 0.251 e. The normalized spacial score (nSPS) is 16.0.